The maximum absolute atomic E-state index is 11.7. The van der Waals surface area contributed by atoms with Crippen LogP contribution in [0.5, 0.6) is 5.75 Å². The number of carboxylic acids is 1. The van der Waals surface area contributed by atoms with Gasteiger partial charge in [-0.15, -0.1) is 0 Å². The summed E-state index contributed by atoms with van der Waals surface area (Å²) in [6.45, 7) is 3.89. The molecule has 0 saturated carbocycles. The van der Waals surface area contributed by atoms with Gasteiger partial charge in [0.05, 0.1) is 5.92 Å². The molecular formula is C15H20BrNO4. The molecule has 1 aromatic carbocycles. The molecule has 2 N–H and O–H groups in total. The van der Waals surface area contributed by atoms with Crippen molar-refractivity contribution in [3.05, 3.63) is 28.7 Å². The Morgan fingerprint density at radius 1 is 1.38 bits per heavy atom. The van der Waals surface area contributed by atoms with Gasteiger partial charge in [-0.05, 0) is 30.5 Å². The molecule has 0 fully saturated rings. The number of rotatable bonds is 8. The molecule has 0 radical (unpaired) electrons. The largest absolute Gasteiger partial charge is 0.484 e. The summed E-state index contributed by atoms with van der Waals surface area (Å²) in [7, 11) is 0. The van der Waals surface area contributed by atoms with Crippen molar-refractivity contribution in [1.82, 2.24) is 5.32 Å². The van der Waals surface area contributed by atoms with Crippen LogP contribution in [0.4, 0.5) is 0 Å². The van der Waals surface area contributed by atoms with Gasteiger partial charge < -0.3 is 15.2 Å². The predicted molar refractivity (Wildman–Crippen MR) is 83.2 cm³/mol. The van der Waals surface area contributed by atoms with Crippen LogP contribution in [-0.2, 0) is 9.59 Å². The first kappa shape index (κ1) is 17.5. The second-order valence-electron chi connectivity index (χ2n) is 5.21. The molecule has 5 nitrogen and oxygen atoms in total. The van der Waals surface area contributed by atoms with E-state index in [0.717, 1.165) is 4.47 Å². The number of carbonyl (C=O) groups is 2. The molecule has 21 heavy (non-hydrogen) atoms. The van der Waals surface area contributed by atoms with Crippen LogP contribution in [0, 0.1) is 11.8 Å². The van der Waals surface area contributed by atoms with Crippen LogP contribution in [0.1, 0.15) is 20.3 Å². The molecule has 0 spiro atoms. The molecule has 1 amide bonds. The summed E-state index contributed by atoms with van der Waals surface area (Å²) in [6, 6.07) is 7.17. The molecule has 1 unspecified atom stereocenters. The monoisotopic (exact) mass is 357 g/mol. The van der Waals surface area contributed by atoms with Crippen LogP contribution >= 0.6 is 15.9 Å². The fraction of sp³-hybridized carbons (Fsp3) is 0.467. The summed E-state index contributed by atoms with van der Waals surface area (Å²) < 4.78 is 6.20. The van der Waals surface area contributed by atoms with Gasteiger partial charge in [0.15, 0.2) is 6.61 Å². The summed E-state index contributed by atoms with van der Waals surface area (Å²) in [6.07, 6.45) is 0.530. The van der Waals surface area contributed by atoms with E-state index in [1.807, 2.05) is 19.9 Å². The van der Waals surface area contributed by atoms with Crippen LogP contribution in [-0.4, -0.2) is 30.1 Å². The number of aliphatic carboxylic acids is 1. The number of carbonyl (C=O) groups excluding carboxylic acids is 1. The van der Waals surface area contributed by atoms with Crippen LogP contribution in [0.15, 0.2) is 28.7 Å². The van der Waals surface area contributed by atoms with E-state index in [4.69, 9.17) is 9.84 Å². The Kier molecular flexibility index (Phi) is 7.22. The molecule has 0 bridgehead atoms. The third kappa shape index (κ3) is 7.13. The molecule has 0 saturated heterocycles. The van der Waals surface area contributed by atoms with Crippen molar-refractivity contribution >= 4 is 27.8 Å². The van der Waals surface area contributed by atoms with Gasteiger partial charge in [0.25, 0.3) is 5.91 Å². The number of nitrogens with one attached hydrogen (secondary N) is 1. The Balaban J connectivity index is 2.37. The Morgan fingerprint density at radius 2 is 2.10 bits per heavy atom. The zero-order valence-electron chi connectivity index (χ0n) is 12.1. The lowest BCUT2D eigenvalue weighted by Crippen LogP contribution is -2.36. The molecule has 0 heterocycles. The summed E-state index contributed by atoms with van der Waals surface area (Å²) in [5, 5.41) is 11.7. The summed E-state index contributed by atoms with van der Waals surface area (Å²) >= 11 is 3.31. The third-order valence-corrected chi connectivity index (χ3v) is 3.31. The predicted octanol–water partition coefficient (Wildman–Crippen LogP) is 2.69. The minimum Gasteiger partial charge on any atom is -0.484 e. The lowest BCUT2D eigenvalue weighted by atomic mass is 9.97. The van der Waals surface area contributed by atoms with Gasteiger partial charge in [0.1, 0.15) is 5.75 Å². The maximum Gasteiger partial charge on any atom is 0.308 e. The number of benzene rings is 1. The van der Waals surface area contributed by atoms with E-state index in [0.29, 0.717) is 12.2 Å². The first-order valence-electron chi connectivity index (χ1n) is 6.76. The second kappa shape index (κ2) is 8.67. The Bertz CT molecular complexity index is 490. The zero-order valence-corrected chi connectivity index (χ0v) is 13.7. The minimum absolute atomic E-state index is 0.119. The maximum atomic E-state index is 11.7. The molecule has 0 aliphatic carbocycles. The van der Waals surface area contributed by atoms with E-state index in [1.165, 1.54) is 0 Å². The number of amides is 1. The fourth-order valence-corrected chi connectivity index (χ4v) is 2.21. The average molecular weight is 358 g/mol. The van der Waals surface area contributed by atoms with Gasteiger partial charge in [-0.3, -0.25) is 9.59 Å². The molecule has 0 aliphatic heterocycles. The van der Waals surface area contributed by atoms with Crippen molar-refractivity contribution in [3.63, 3.8) is 0 Å². The van der Waals surface area contributed by atoms with Gasteiger partial charge in [0.2, 0.25) is 0 Å². The molecule has 0 aliphatic rings. The van der Waals surface area contributed by atoms with Crippen molar-refractivity contribution in [2.24, 2.45) is 11.8 Å². The second-order valence-corrected chi connectivity index (χ2v) is 6.13. The van der Waals surface area contributed by atoms with Gasteiger partial charge in [-0.1, -0.05) is 35.8 Å². The number of ether oxygens (including phenoxy) is 1. The lowest BCUT2D eigenvalue weighted by Gasteiger charge is -2.15. The van der Waals surface area contributed by atoms with Crippen LogP contribution < -0.4 is 10.1 Å². The highest BCUT2D eigenvalue weighted by Gasteiger charge is 2.19. The molecule has 1 rings (SSSR count). The summed E-state index contributed by atoms with van der Waals surface area (Å²) in [4.78, 5) is 22.7. The molecule has 1 atom stereocenters. The minimum atomic E-state index is -0.892. The highest BCUT2D eigenvalue weighted by Crippen LogP contribution is 2.17. The zero-order chi connectivity index (χ0) is 15.8. The van der Waals surface area contributed by atoms with E-state index in [2.05, 4.69) is 21.2 Å². The van der Waals surface area contributed by atoms with E-state index < -0.39 is 11.9 Å². The number of halogens is 1. The average Bonchev–Trinajstić information content (AvgIpc) is 2.40. The van der Waals surface area contributed by atoms with Gasteiger partial charge in [0, 0.05) is 11.0 Å². The lowest BCUT2D eigenvalue weighted by molar-refractivity contribution is -0.142. The quantitative estimate of drug-likeness (QED) is 0.749. The van der Waals surface area contributed by atoms with Gasteiger partial charge in [-0.25, -0.2) is 0 Å². The number of carboxylic acid groups (broad SMARTS) is 1. The molecule has 116 valence electrons. The van der Waals surface area contributed by atoms with Crippen molar-refractivity contribution in [1.29, 1.82) is 0 Å². The first-order chi connectivity index (χ1) is 9.88. The van der Waals surface area contributed by atoms with E-state index in [-0.39, 0.29) is 25.0 Å². The standard InChI is InChI=1S/C15H20BrNO4/c1-10(2)6-11(15(19)20)8-17-14(18)9-21-13-5-3-4-12(16)7-13/h3-5,7,10-11H,6,8-9H2,1-2H3,(H,17,18)(H,19,20). The van der Waals surface area contributed by atoms with Crippen LogP contribution in [0.3, 0.4) is 0 Å². The van der Waals surface area contributed by atoms with Crippen molar-refractivity contribution < 1.29 is 19.4 Å². The van der Waals surface area contributed by atoms with Crippen molar-refractivity contribution in [2.45, 2.75) is 20.3 Å². The topological polar surface area (TPSA) is 75.6 Å². The number of hydrogen-bond donors (Lipinski definition) is 2. The summed E-state index contributed by atoms with van der Waals surface area (Å²) in [5.74, 6) is -0.945. The van der Waals surface area contributed by atoms with Gasteiger partial charge >= 0.3 is 5.97 Å². The normalized spacial score (nSPS) is 12.0. The van der Waals surface area contributed by atoms with E-state index >= 15 is 0 Å². The Hall–Kier alpha value is -1.56. The molecule has 0 aromatic heterocycles. The molecular weight excluding hydrogens is 338 g/mol. The van der Waals surface area contributed by atoms with Crippen LogP contribution in [0.2, 0.25) is 0 Å². The first-order valence-corrected chi connectivity index (χ1v) is 7.55. The fourth-order valence-electron chi connectivity index (χ4n) is 1.83. The molecule has 1 aromatic rings. The number of hydrogen-bond acceptors (Lipinski definition) is 3. The van der Waals surface area contributed by atoms with E-state index in [9.17, 15) is 9.59 Å². The summed E-state index contributed by atoms with van der Waals surface area (Å²) in [5.41, 5.74) is 0. The van der Waals surface area contributed by atoms with E-state index in [1.54, 1.807) is 18.2 Å². The molecule has 6 heteroatoms. The Morgan fingerprint density at radius 3 is 2.67 bits per heavy atom. The highest BCUT2D eigenvalue weighted by molar-refractivity contribution is 9.10. The Labute approximate surface area is 132 Å². The third-order valence-electron chi connectivity index (χ3n) is 2.82. The van der Waals surface area contributed by atoms with Crippen molar-refractivity contribution in [2.75, 3.05) is 13.2 Å². The van der Waals surface area contributed by atoms with Gasteiger partial charge in [-0.2, -0.15) is 0 Å². The van der Waals surface area contributed by atoms with Crippen molar-refractivity contribution in [3.8, 4) is 5.75 Å². The SMILES string of the molecule is CC(C)CC(CNC(=O)COc1cccc(Br)c1)C(=O)O. The van der Waals surface area contributed by atoms with Crippen LogP contribution in [0.25, 0.3) is 0 Å². The highest BCUT2D eigenvalue weighted by atomic mass is 79.9. The smallest absolute Gasteiger partial charge is 0.308 e.